The molecule has 0 bridgehead atoms. The van der Waals surface area contributed by atoms with Gasteiger partial charge in [0.05, 0.1) is 11.3 Å². The van der Waals surface area contributed by atoms with E-state index in [1.807, 2.05) is 12.1 Å². The van der Waals surface area contributed by atoms with E-state index in [0.717, 1.165) is 0 Å². The normalized spacial score (nSPS) is 8.50. The Labute approximate surface area is 64.2 Å². The van der Waals surface area contributed by atoms with Crippen LogP contribution in [0.5, 0.6) is 0 Å². The smallest absolute Gasteiger partial charge is 0.0919 e. The number of nitrogens with one attached hydrogen (secondary N) is 1. The second-order valence-corrected chi connectivity index (χ2v) is 2.11. The molecule has 0 aromatic carbocycles. The highest BCUT2D eigenvalue weighted by atomic mass is 35.5. The predicted octanol–water partition coefficient (Wildman–Crippen LogP) is 2.19. The molecule has 0 fully saturated rings. The summed E-state index contributed by atoms with van der Waals surface area (Å²) in [4.78, 5) is 6.66. The number of hydrogen-bond donors (Lipinski definition) is 1. The van der Waals surface area contributed by atoms with Crippen LogP contribution in [0.25, 0.3) is 0 Å². The van der Waals surface area contributed by atoms with E-state index >= 15 is 0 Å². The molecule has 0 saturated heterocycles. The van der Waals surface area contributed by atoms with Crippen molar-refractivity contribution in [2.24, 2.45) is 0 Å². The lowest BCUT2D eigenvalue weighted by Crippen LogP contribution is -1.61. The van der Waals surface area contributed by atoms with Crippen molar-refractivity contribution in [3.05, 3.63) is 41.9 Å². The number of nitrogens with zero attached hydrogens (tertiary/aromatic N) is 1. The Hall–Kier alpha value is -1.02. The zero-order valence-electron chi connectivity index (χ0n) is 5.29. The maximum absolute atomic E-state index is 5.67. The first-order valence-electron chi connectivity index (χ1n) is 2.86. The molecule has 1 rings (SSSR count). The van der Waals surface area contributed by atoms with Crippen LogP contribution in [-0.2, 0) is 0 Å². The Morgan fingerprint density at radius 3 is 3.20 bits per heavy atom. The van der Waals surface area contributed by atoms with E-state index in [4.69, 9.17) is 11.6 Å². The molecule has 0 unspecified atom stereocenters. The van der Waals surface area contributed by atoms with Gasteiger partial charge in [-0.05, 0) is 12.1 Å². The summed E-state index contributed by atoms with van der Waals surface area (Å²) < 4.78 is 0. The minimum Gasteiger partial charge on any atom is -0.353 e. The number of rotatable bonds is 0. The molecule has 0 aliphatic rings. The second-order valence-electron chi connectivity index (χ2n) is 1.68. The SMILES string of the molecule is Clc1cccc[nH]cnc1. The molecule has 0 spiro atoms. The van der Waals surface area contributed by atoms with E-state index in [-0.39, 0.29) is 0 Å². The van der Waals surface area contributed by atoms with E-state index in [2.05, 4.69) is 9.97 Å². The average Bonchev–Trinajstić information content (AvgIpc) is 2.02. The van der Waals surface area contributed by atoms with Crippen molar-refractivity contribution in [2.75, 3.05) is 0 Å². The molecule has 3 heteroatoms. The Bertz CT molecular complexity index is 219. The molecule has 2 nitrogen and oxygen atoms in total. The molecular weight excluding hydrogens is 148 g/mol. The van der Waals surface area contributed by atoms with Crippen molar-refractivity contribution < 1.29 is 0 Å². The van der Waals surface area contributed by atoms with Crippen LogP contribution in [0.4, 0.5) is 0 Å². The Kier molecular flexibility index (Phi) is 2.77. The highest BCUT2D eigenvalue weighted by Crippen LogP contribution is 1.99. The molecular formula is C7H7ClN2. The van der Waals surface area contributed by atoms with Crippen molar-refractivity contribution in [1.82, 2.24) is 9.97 Å². The summed E-state index contributed by atoms with van der Waals surface area (Å²) in [5.74, 6) is 0. The maximum Gasteiger partial charge on any atom is 0.0919 e. The lowest BCUT2D eigenvalue weighted by molar-refractivity contribution is 1.21. The van der Waals surface area contributed by atoms with Crippen molar-refractivity contribution >= 4 is 11.6 Å². The van der Waals surface area contributed by atoms with Gasteiger partial charge >= 0.3 is 0 Å². The molecule has 52 valence electrons. The van der Waals surface area contributed by atoms with Gasteiger partial charge in [0.1, 0.15) is 0 Å². The van der Waals surface area contributed by atoms with Gasteiger partial charge in [-0.15, -0.1) is 0 Å². The van der Waals surface area contributed by atoms with Crippen LogP contribution in [0, 0.1) is 0 Å². The fourth-order valence-electron chi connectivity index (χ4n) is 0.496. The quantitative estimate of drug-likeness (QED) is 0.610. The highest BCUT2D eigenvalue weighted by molar-refractivity contribution is 6.30. The summed E-state index contributed by atoms with van der Waals surface area (Å²) in [6, 6.07) is 5.44. The summed E-state index contributed by atoms with van der Waals surface area (Å²) >= 11 is 5.67. The van der Waals surface area contributed by atoms with E-state index < -0.39 is 0 Å². The second kappa shape index (κ2) is 3.90. The van der Waals surface area contributed by atoms with E-state index in [9.17, 15) is 0 Å². The zero-order chi connectivity index (χ0) is 7.23. The summed E-state index contributed by atoms with van der Waals surface area (Å²) in [7, 11) is 0. The lowest BCUT2D eigenvalue weighted by Gasteiger charge is -1.73. The van der Waals surface area contributed by atoms with Gasteiger partial charge in [-0.1, -0.05) is 17.7 Å². The molecule has 0 aliphatic carbocycles. The van der Waals surface area contributed by atoms with Gasteiger partial charge in [-0.3, -0.25) is 0 Å². The number of aromatic amines is 1. The molecule has 1 aromatic rings. The largest absolute Gasteiger partial charge is 0.353 e. The molecule has 1 heterocycles. The number of aromatic nitrogens is 2. The summed E-state index contributed by atoms with van der Waals surface area (Å²) in [6.07, 6.45) is 4.90. The van der Waals surface area contributed by atoms with Crippen LogP contribution in [0.2, 0.25) is 5.02 Å². The maximum atomic E-state index is 5.67. The van der Waals surface area contributed by atoms with Gasteiger partial charge in [0.2, 0.25) is 0 Å². The number of hydrogen-bond acceptors (Lipinski definition) is 1. The molecule has 0 saturated carbocycles. The first-order chi connectivity index (χ1) is 4.89. The molecule has 0 amide bonds. The van der Waals surface area contributed by atoms with Crippen LogP contribution in [0.15, 0.2) is 36.9 Å². The summed E-state index contributed by atoms with van der Waals surface area (Å²) in [5, 5.41) is 0.615. The Morgan fingerprint density at radius 1 is 1.40 bits per heavy atom. The van der Waals surface area contributed by atoms with Crippen molar-refractivity contribution in [3.8, 4) is 0 Å². The van der Waals surface area contributed by atoms with Crippen LogP contribution < -0.4 is 0 Å². The number of halogens is 1. The minimum atomic E-state index is 0.615. The van der Waals surface area contributed by atoms with Gasteiger partial charge in [-0.25, -0.2) is 4.98 Å². The topological polar surface area (TPSA) is 28.7 Å². The average molecular weight is 155 g/mol. The number of H-pyrrole nitrogens is 1. The predicted molar refractivity (Wildman–Crippen MR) is 41.2 cm³/mol. The van der Waals surface area contributed by atoms with E-state index in [1.165, 1.54) is 0 Å². The van der Waals surface area contributed by atoms with E-state index in [1.54, 1.807) is 24.8 Å². The highest BCUT2D eigenvalue weighted by Gasteiger charge is 1.73. The molecule has 0 atom stereocenters. The fourth-order valence-corrected chi connectivity index (χ4v) is 0.625. The third kappa shape index (κ3) is 2.51. The van der Waals surface area contributed by atoms with Gasteiger partial charge in [0.15, 0.2) is 0 Å². The molecule has 10 heavy (non-hydrogen) atoms. The lowest BCUT2D eigenvalue weighted by atomic mass is 10.5. The van der Waals surface area contributed by atoms with Crippen LogP contribution in [0.1, 0.15) is 0 Å². The van der Waals surface area contributed by atoms with Gasteiger partial charge in [0.25, 0.3) is 0 Å². The molecule has 0 radical (unpaired) electrons. The Morgan fingerprint density at radius 2 is 2.30 bits per heavy atom. The molecule has 0 aliphatic heterocycles. The van der Waals surface area contributed by atoms with E-state index in [0.29, 0.717) is 5.02 Å². The third-order valence-electron chi connectivity index (χ3n) is 0.906. The monoisotopic (exact) mass is 154 g/mol. The zero-order valence-corrected chi connectivity index (χ0v) is 6.05. The van der Waals surface area contributed by atoms with Crippen LogP contribution in [-0.4, -0.2) is 9.97 Å². The van der Waals surface area contributed by atoms with Crippen molar-refractivity contribution in [1.29, 1.82) is 0 Å². The summed E-state index contributed by atoms with van der Waals surface area (Å²) in [5.41, 5.74) is 0. The van der Waals surface area contributed by atoms with Crippen LogP contribution in [0.3, 0.4) is 0 Å². The minimum absolute atomic E-state index is 0.615. The first-order valence-corrected chi connectivity index (χ1v) is 3.24. The Balaban J connectivity index is 3.13. The van der Waals surface area contributed by atoms with Crippen molar-refractivity contribution in [3.63, 3.8) is 0 Å². The van der Waals surface area contributed by atoms with Gasteiger partial charge in [0, 0.05) is 12.4 Å². The third-order valence-corrected chi connectivity index (χ3v) is 1.13. The van der Waals surface area contributed by atoms with Crippen molar-refractivity contribution in [2.45, 2.75) is 0 Å². The fraction of sp³-hybridized carbons (Fsp3) is 0. The summed E-state index contributed by atoms with van der Waals surface area (Å²) in [6.45, 7) is 0. The first kappa shape index (κ1) is 7.09. The standard InChI is InChI=1S/C7H7ClN2/c8-7-3-1-2-4-9-6-10-5-7/h1-6H,(H,9,10). The van der Waals surface area contributed by atoms with Gasteiger partial charge in [-0.2, -0.15) is 0 Å². The molecule has 1 N–H and O–H groups in total. The molecule has 1 aromatic heterocycles. The van der Waals surface area contributed by atoms with Gasteiger partial charge < -0.3 is 4.98 Å². The van der Waals surface area contributed by atoms with Crippen LogP contribution >= 0.6 is 11.6 Å².